The molecule has 0 aromatic carbocycles. The fraction of sp³-hybridized carbons (Fsp3) is 0.700. The molecular formula is C10H18N2O3S. The summed E-state index contributed by atoms with van der Waals surface area (Å²) in [6.45, 7) is 4.24. The molecule has 0 saturated carbocycles. The highest BCUT2D eigenvalue weighted by atomic mass is 32.2. The van der Waals surface area contributed by atoms with Crippen LogP contribution in [0, 0.1) is 0 Å². The summed E-state index contributed by atoms with van der Waals surface area (Å²) in [7, 11) is -3.20. The van der Waals surface area contributed by atoms with Gasteiger partial charge in [-0.1, -0.05) is 0 Å². The number of rotatable bonds is 5. The summed E-state index contributed by atoms with van der Waals surface area (Å²) in [5.74, 6) is 0. The summed E-state index contributed by atoms with van der Waals surface area (Å²) in [5.41, 5.74) is 0.852. The molecule has 1 aromatic heterocycles. The minimum atomic E-state index is -3.20. The van der Waals surface area contributed by atoms with Gasteiger partial charge in [-0.2, -0.15) is 5.10 Å². The minimum absolute atomic E-state index is 0.314. The maximum Gasteiger partial charge on any atom is 0.152 e. The van der Waals surface area contributed by atoms with E-state index in [0.29, 0.717) is 6.42 Å². The van der Waals surface area contributed by atoms with E-state index in [1.807, 2.05) is 13.1 Å². The molecule has 1 rings (SSSR count). The first kappa shape index (κ1) is 13.2. The van der Waals surface area contributed by atoms with Crippen LogP contribution >= 0.6 is 0 Å². The number of aliphatic hydroxyl groups is 1. The van der Waals surface area contributed by atoms with E-state index in [1.165, 1.54) is 6.92 Å². The summed E-state index contributed by atoms with van der Waals surface area (Å²) < 4.78 is 24.2. The topological polar surface area (TPSA) is 72.2 Å². The lowest BCUT2D eigenvalue weighted by molar-refractivity contribution is 0.173. The first-order chi connectivity index (χ1) is 7.34. The van der Waals surface area contributed by atoms with Gasteiger partial charge in [-0.25, -0.2) is 8.42 Å². The molecule has 0 fully saturated rings. The molecule has 0 saturated heterocycles. The highest BCUT2D eigenvalue weighted by Gasteiger charge is 2.24. The highest BCUT2D eigenvalue weighted by molar-refractivity contribution is 7.91. The molecule has 0 aliphatic rings. The van der Waals surface area contributed by atoms with Crippen molar-refractivity contribution in [1.82, 2.24) is 9.78 Å². The maximum atomic E-state index is 11.2. The molecule has 0 amide bonds. The lowest BCUT2D eigenvalue weighted by Crippen LogP contribution is -2.32. The van der Waals surface area contributed by atoms with Crippen LogP contribution in [0.1, 0.15) is 19.4 Å². The van der Waals surface area contributed by atoms with E-state index < -0.39 is 21.2 Å². The van der Waals surface area contributed by atoms with Crippen molar-refractivity contribution < 1.29 is 13.5 Å². The Labute approximate surface area is 96.0 Å². The normalized spacial score (nSPS) is 16.0. The average Bonchev–Trinajstić information content (AvgIpc) is 2.63. The summed E-state index contributed by atoms with van der Waals surface area (Å²) in [6, 6.07) is 0. The van der Waals surface area contributed by atoms with Gasteiger partial charge in [-0.3, -0.25) is 4.68 Å². The number of nitrogens with zero attached hydrogens (tertiary/aromatic N) is 2. The van der Waals surface area contributed by atoms with E-state index in [4.69, 9.17) is 0 Å². The molecule has 16 heavy (non-hydrogen) atoms. The van der Waals surface area contributed by atoms with Crippen molar-refractivity contribution >= 4 is 9.84 Å². The molecule has 2 atom stereocenters. The van der Waals surface area contributed by atoms with Crippen molar-refractivity contribution in [3.05, 3.63) is 18.0 Å². The van der Waals surface area contributed by atoms with E-state index >= 15 is 0 Å². The van der Waals surface area contributed by atoms with E-state index in [2.05, 4.69) is 5.10 Å². The summed E-state index contributed by atoms with van der Waals surface area (Å²) in [6.07, 6.45) is 4.04. The van der Waals surface area contributed by atoms with Crippen LogP contribution < -0.4 is 0 Å². The Morgan fingerprint density at radius 1 is 1.56 bits per heavy atom. The van der Waals surface area contributed by atoms with Gasteiger partial charge in [0.1, 0.15) is 0 Å². The Hall–Kier alpha value is -0.880. The van der Waals surface area contributed by atoms with Gasteiger partial charge in [0.15, 0.2) is 9.84 Å². The second-order valence-corrected chi connectivity index (χ2v) is 6.41. The summed E-state index contributed by atoms with van der Waals surface area (Å²) in [5, 5.41) is 13.1. The molecule has 2 unspecified atom stereocenters. The zero-order valence-corrected chi connectivity index (χ0v) is 10.6. The Bertz CT molecular complexity index is 439. The lowest BCUT2D eigenvalue weighted by atomic mass is 10.1. The molecule has 0 radical (unpaired) electrons. The van der Waals surface area contributed by atoms with Gasteiger partial charge in [0, 0.05) is 25.4 Å². The molecule has 0 aliphatic carbocycles. The van der Waals surface area contributed by atoms with Crippen LogP contribution in [0.2, 0.25) is 0 Å². The Morgan fingerprint density at radius 3 is 2.62 bits per heavy atom. The van der Waals surface area contributed by atoms with Gasteiger partial charge in [0.25, 0.3) is 0 Å². The maximum absolute atomic E-state index is 11.2. The van der Waals surface area contributed by atoms with E-state index in [0.717, 1.165) is 18.4 Å². The van der Waals surface area contributed by atoms with Crippen molar-refractivity contribution in [2.45, 2.75) is 38.2 Å². The van der Waals surface area contributed by atoms with Gasteiger partial charge in [-0.05, 0) is 19.4 Å². The number of hydrogen-bond donors (Lipinski definition) is 1. The summed E-state index contributed by atoms with van der Waals surface area (Å²) >= 11 is 0. The average molecular weight is 246 g/mol. The van der Waals surface area contributed by atoms with Crippen molar-refractivity contribution in [3.63, 3.8) is 0 Å². The van der Waals surface area contributed by atoms with Crippen LogP contribution in [0.5, 0.6) is 0 Å². The third-order valence-corrected chi connectivity index (χ3v) is 4.34. The van der Waals surface area contributed by atoms with Crippen LogP contribution in [0.3, 0.4) is 0 Å². The fourth-order valence-corrected chi connectivity index (χ4v) is 2.04. The van der Waals surface area contributed by atoms with Crippen LogP contribution in [-0.4, -0.2) is 40.9 Å². The monoisotopic (exact) mass is 246 g/mol. The van der Waals surface area contributed by atoms with Crippen molar-refractivity contribution in [2.24, 2.45) is 0 Å². The second kappa shape index (κ2) is 4.97. The van der Waals surface area contributed by atoms with Crippen molar-refractivity contribution in [3.8, 4) is 0 Å². The van der Waals surface area contributed by atoms with E-state index in [9.17, 15) is 13.5 Å². The lowest BCUT2D eigenvalue weighted by Gasteiger charge is -2.15. The number of sulfone groups is 1. The van der Waals surface area contributed by atoms with Crippen LogP contribution in [0.25, 0.3) is 0 Å². The van der Waals surface area contributed by atoms with Crippen molar-refractivity contribution in [1.29, 1.82) is 0 Å². The quantitative estimate of drug-likeness (QED) is 0.807. The van der Waals surface area contributed by atoms with Crippen LogP contribution in [-0.2, 0) is 22.8 Å². The molecule has 1 heterocycles. The van der Waals surface area contributed by atoms with Crippen LogP contribution in [0.4, 0.5) is 0 Å². The van der Waals surface area contributed by atoms with Gasteiger partial charge < -0.3 is 5.11 Å². The smallest absolute Gasteiger partial charge is 0.152 e. The molecule has 1 N–H and O–H groups in total. The van der Waals surface area contributed by atoms with Gasteiger partial charge >= 0.3 is 0 Å². The first-order valence-corrected chi connectivity index (χ1v) is 7.18. The Kier molecular flexibility index (Phi) is 4.09. The Balaban J connectivity index is 2.67. The molecule has 6 heteroatoms. The largest absolute Gasteiger partial charge is 0.391 e. The van der Waals surface area contributed by atoms with Crippen LogP contribution in [0.15, 0.2) is 12.4 Å². The fourth-order valence-electron chi connectivity index (χ4n) is 1.38. The zero-order chi connectivity index (χ0) is 12.3. The van der Waals surface area contributed by atoms with Gasteiger partial charge in [0.2, 0.25) is 0 Å². The molecule has 0 spiro atoms. The number of aliphatic hydroxyl groups excluding tert-OH is 1. The molecule has 0 aliphatic heterocycles. The van der Waals surface area contributed by atoms with Gasteiger partial charge in [0.05, 0.1) is 17.6 Å². The molecule has 1 aromatic rings. The number of hydrogen-bond acceptors (Lipinski definition) is 4. The third kappa shape index (κ3) is 3.31. The number of aromatic nitrogens is 2. The second-order valence-electron chi connectivity index (χ2n) is 4.01. The SMILES string of the molecule is CCn1cc(CC(O)C(C)S(C)(=O)=O)cn1. The predicted octanol–water partition coefficient (Wildman–Crippen LogP) is 0.239. The van der Waals surface area contributed by atoms with E-state index in [-0.39, 0.29) is 0 Å². The molecule has 5 nitrogen and oxygen atoms in total. The standard InChI is InChI=1S/C10H18N2O3S/c1-4-12-7-9(6-11-12)5-10(13)8(2)16(3,14)15/h6-8,10,13H,4-5H2,1-3H3. The number of aryl methyl sites for hydroxylation is 1. The minimum Gasteiger partial charge on any atom is -0.391 e. The third-order valence-electron chi connectivity index (χ3n) is 2.67. The molecular weight excluding hydrogens is 228 g/mol. The first-order valence-electron chi connectivity index (χ1n) is 5.23. The molecule has 0 bridgehead atoms. The molecule has 92 valence electrons. The van der Waals surface area contributed by atoms with E-state index in [1.54, 1.807) is 10.9 Å². The van der Waals surface area contributed by atoms with Gasteiger partial charge in [-0.15, -0.1) is 0 Å². The Morgan fingerprint density at radius 2 is 2.19 bits per heavy atom. The predicted molar refractivity (Wildman–Crippen MR) is 61.9 cm³/mol. The summed E-state index contributed by atoms with van der Waals surface area (Å²) in [4.78, 5) is 0. The van der Waals surface area contributed by atoms with Crippen molar-refractivity contribution in [2.75, 3.05) is 6.26 Å². The zero-order valence-electron chi connectivity index (χ0n) is 9.79. The highest BCUT2D eigenvalue weighted by Crippen LogP contribution is 2.10.